The number of hydrogen-bond donors (Lipinski definition) is 0. The molecule has 0 spiro atoms. The van der Waals surface area contributed by atoms with E-state index in [1.165, 1.54) is 37.7 Å². The predicted octanol–water partition coefficient (Wildman–Crippen LogP) is 7.32. The van der Waals surface area contributed by atoms with E-state index in [0.29, 0.717) is 5.91 Å². The van der Waals surface area contributed by atoms with Crippen molar-refractivity contribution in [3.05, 3.63) is 60.2 Å². The second kappa shape index (κ2) is 14.5. The number of nitrogens with zero attached hydrogens (tertiary/aromatic N) is 2. The van der Waals surface area contributed by atoms with Crippen molar-refractivity contribution in [3.8, 4) is 11.5 Å². The standard InChI is InChI=1S/C30H42N2O2.ClH/c1-2-3-20-32(24-25-10-6-4-7-11-25)30(33)27-18-21-31(22-19-27)23-26-14-16-29(17-15-26)34-28-12-8-5-9-13-28;/h5,8-9,12-17,25,27H,2-4,6-7,10-11,18-24H2,1H3;1H. The Balaban J connectivity index is 0.00000342. The number of ether oxygens (including phenoxy) is 1. The Morgan fingerprint density at radius 2 is 1.57 bits per heavy atom. The Labute approximate surface area is 218 Å². The van der Waals surface area contributed by atoms with Gasteiger partial charge in [-0.1, -0.05) is 62.9 Å². The number of para-hydroxylation sites is 1. The van der Waals surface area contributed by atoms with Gasteiger partial charge in [-0.15, -0.1) is 12.4 Å². The van der Waals surface area contributed by atoms with Crippen LogP contribution in [-0.4, -0.2) is 41.9 Å². The van der Waals surface area contributed by atoms with Gasteiger partial charge in [0, 0.05) is 25.6 Å². The van der Waals surface area contributed by atoms with Gasteiger partial charge in [-0.3, -0.25) is 9.69 Å². The summed E-state index contributed by atoms with van der Waals surface area (Å²) in [6.07, 6.45) is 10.9. The third kappa shape index (κ3) is 8.54. The molecule has 4 rings (SSSR count). The van der Waals surface area contributed by atoms with Crippen LogP contribution in [-0.2, 0) is 11.3 Å². The van der Waals surface area contributed by atoms with Crippen molar-refractivity contribution in [3.63, 3.8) is 0 Å². The molecule has 35 heavy (non-hydrogen) atoms. The molecule has 0 aromatic heterocycles. The highest BCUT2D eigenvalue weighted by molar-refractivity contribution is 5.85. The molecular weight excluding hydrogens is 456 g/mol. The molecule has 0 unspecified atom stereocenters. The maximum Gasteiger partial charge on any atom is 0.225 e. The first-order valence-corrected chi connectivity index (χ1v) is 13.5. The van der Waals surface area contributed by atoms with Gasteiger partial charge in [0.1, 0.15) is 11.5 Å². The second-order valence-electron chi connectivity index (χ2n) is 10.3. The number of carbonyl (C=O) groups is 1. The summed E-state index contributed by atoms with van der Waals surface area (Å²) in [4.78, 5) is 18.2. The zero-order valence-electron chi connectivity index (χ0n) is 21.4. The lowest BCUT2D eigenvalue weighted by atomic mass is 9.88. The molecule has 1 saturated heterocycles. The second-order valence-corrected chi connectivity index (χ2v) is 10.3. The van der Waals surface area contributed by atoms with Crippen LogP contribution in [0.3, 0.4) is 0 Å². The molecule has 0 radical (unpaired) electrons. The highest BCUT2D eigenvalue weighted by Gasteiger charge is 2.30. The van der Waals surface area contributed by atoms with E-state index < -0.39 is 0 Å². The van der Waals surface area contributed by atoms with E-state index in [2.05, 4.69) is 41.0 Å². The molecule has 2 fully saturated rings. The molecule has 5 heteroatoms. The van der Waals surface area contributed by atoms with Crippen LogP contribution in [0.2, 0.25) is 0 Å². The predicted molar refractivity (Wildman–Crippen MR) is 146 cm³/mol. The van der Waals surface area contributed by atoms with Gasteiger partial charge in [0.15, 0.2) is 0 Å². The number of likely N-dealkylation sites (tertiary alicyclic amines) is 1. The molecule has 2 aromatic carbocycles. The highest BCUT2D eigenvalue weighted by Crippen LogP contribution is 2.27. The van der Waals surface area contributed by atoms with E-state index in [0.717, 1.165) is 75.8 Å². The van der Waals surface area contributed by atoms with Crippen LogP contribution in [0, 0.1) is 11.8 Å². The number of hydrogen-bond acceptors (Lipinski definition) is 3. The van der Waals surface area contributed by atoms with Crippen molar-refractivity contribution in [2.45, 2.75) is 71.3 Å². The number of carbonyl (C=O) groups excluding carboxylic acids is 1. The molecule has 2 aliphatic rings. The van der Waals surface area contributed by atoms with E-state index >= 15 is 0 Å². The van der Waals surface area contributed by atoms with Crippen molar-refractivity contribution >= 4 is 18.3 Å². The summed E-state index contributed by atoms with van der Waals surface area (Å²) in [5, 5.41) is 0. The lowest BCUT2D eigenvalue weighted by molar-refractivity contribution is -0.138. The molecule has 0 atom stereocenters. The molecule has 2 aromatic rings. The number of piperidine rings is 1. The molecule has 0 N–H and O–H groups in total. The Kier molecular flexibility index (Phi) is 11.4. The minimum absolute atomic E-state index is 0. The van der Waals surface area contributed by atoms with Crippen LogP contribution in [0.1, 0.15) is 70.3 Å². The van der Waals surface area contributed by atoms with Crippen LogP contribution < -0.4 is 4.74 Å². The molecule has 1 heterocycles. The normalized spacial score (nSPS) is 17.5. The molecule has 4 nitrogen and oxygen atoms in total. The quantitative estimate of drug-likeness (QED) is 0.344. The van der Waals surface area contributed by atoms with Gasteiger partial charge in [0.2, 0.25) is 5.91 Å². The molecular formula is C30H43ClN2O2. The fraction of sp³-hybridized carbons (Fsp3) is 0.567. The van der Waals surface area contributed by atoms with Crippen LogP contribution in [0.25, 0.3) is 0 Å². The average molecular weight is 499 g/mol. The highest BCUT2D eigenvalue weighted by atomic mass is 35.5. The van der Waals surface area contributed by atoms with Gasteiger partial charge < -0.3 is 9.64 Å². The van der Waals surface area contributed by atoms with Gasteiger partial charge in [0.05, 0.1) is 0 Å². The lowest BCUT2D eigenvalue weighted by Gasteiger charge is -2.36. The third-order valence-electron chi connectivity index (χ3n) is 7.54. The first-order chi connectivity index (χ1) is 16.7. The minimum atomic E-state index is 0. The largest absolute Gasteiger partial charge is 0.457 e. The van der Waals surface area contributed by atoms with E-state index in [1.54, 1.807) is 0 Å². The molecule has 1 saturated carbocycles. The average Bonchev–Trinajstić information content (AvgIpc) is 2.89. The Hall–Kier alpha value is -2.04. The number of amides is 1. The van der Waals surface area contributed by atoms with Gasteiger partial charge in [-0.25, -0.2) is 0 Å². The Morgan fingerprint density at radius 1 is 0.914 bits per heavy atom. The van der Waals surface area contributed by atoms with Gasteiger partial charge in [-0.05, 0) is 80.9 Å². The SMILES string of the molecule is CCCCN(CC1CCCCC1)C(=O)C1CCN(Cc2ccc(Oc3ccccc3)cc2)CC1.Cl. The van der Waals surface area contributed by atoms with Crippen molar-refractivity contribution in [2.24, 2.45) is 11.8 Å². The lowest BCUT2D eigenvalue weighted by Crippen LogP contribution is -2.44. The number of halogens is 1. The molecule has 192 valence electrons. The van der Waals surface area contributed by atoms with Crippen LogP contribution >= 0.6 is 12.4 Å². The first-order valence-electron chi connectivity index (χ1n) is 13.5. The summed E-state index contributed by atoms with van der Waals surface area (Å²) >= 11 is 0. The van der Waals surface area contributed by atoms with Crippen molar-refractivity contribution in [1.29, 1.82) is 0 Å². The molecule has 1 aliphatic carbocycles. The zero-order chi connectivity index (χ0) is 23.6. The Bertz CT molecular complexity index is 860. The number of benzene rings is 2. The van der Waals surface area contributed by atoms with Crippen LogP contribution in [0.5, 0.6) is 11.5 Å². The number of rotatable bonds is 10. The summed E-state index contributed by atoms with van der Waals surface area (Å²) in [6.45, 7) is 7.11. The van der Waals surface area contributed by atoms with Gasteiger partial charge in [0.25, 0.3) is 0 Å². The van der Waals surface area contributed by atoms with Crippen LogP contribution in [0.15, 0.2) is 54.6 Å². The fourth-order valence-electron chi connectivity index (χ4n) is 5.46. The van der Waals surface area contributed by atoms with Crippen molar-refractivity contribution in [1.82, 2.24) is 9.80 Å². The van der Waals surface area contributed by atoms with E-state index in [4.69, 9.17) is 4.74 Å². The zero-order valence-corrected chi connectivity index (χ0v) is 22.2. The topological polar surface area (TPSA) is 32.8 Å². The Morgan fingerprint density at radius 3 is 2.23 bits per heavy atom. The van der Waals surface area contributed by atoms with Crippen molar-refractivity contribution in [2.75, 3.05) is 26.2 Å². The van der Waals surface area contributed by atoms with Crippen LogP contribution in [0.4, 0.5) is 0 Å². The fourth-order valence-corrected chi connectivity index (χ4v) is 5.46. The maximum atomic E-state index is 13.4. The summed E-state index contributed by atoms with van der Waals surface area (Å²) < 4.78 is 5.91. The summed E-state index contributed by atoms with van der Waals surface area (Å²) in [5.74, 6) is 3.09. The molecule has 1 aliphatic heterocycles. The molecule has 0 bridgehead atoms. The van der Waals surface area contributed by atoms with E-state index in [1.807, 2.05) is 30.3 Å². The molecule has 1 amide bonds. The van der Waals surface area contributed by atoms with Crippen molar-refractivity contribution < 1.29 is 9.53 Å². The monoisotopic (exact) mass is 498 g/mol. The maximum absolute atomic E-state index is 13.4. The third-order valence-corrected chi connectivity index (χ3v) is 7.54. The minimum Gasteiger partial charge on any atom is -0.457 e. The smallest absolute Gasteiger partial charge is 0.225 e. The summed E-state index contributed by atoms with van der Waals surface area (Å²) in [6, 6.07) is 18.3. The van der Waals surface area contributed by atoms with Gasteiger partial charge in [-0.2, -0.15) is 0 Å². The summed E-state index contributed by atoms with van der Waals surface area (Å²) in [5.41, 5.74) is 1.30. The first kappa shape index (κ1) is 27.5. The van der Waals surface area contributed by atoms with E-state index in [-0.39, 0.29) is 18.3 Å². The van der Waals surface area contributed by atoms with E-state index in [9.17, 15) is 4.79 Å². The summed E-state index contributed by atoms with van der Waals surface area (Å²) in [7, 11) is 0. The van der Waals surface area contributed by atoms with Gasteiger partial charge >= 0.3 is 0 Å². The number of unbranched alkanes of at least 4 members (excludes halogenated alkanes) is 1.